The average Bonchev–Trinajstić information content (AvgIpc) is 3.16. The molecule has 0 spiro atoms. The van der Waals surface area contributed by atoms with Gasteiger partial charge < -0.3 is 4.42 Å². The van der Waals surface area contributed by atoms with Crippen LogP contribution in [0.25, 0.3) is 17.4 Å². The Bertz CT molecular complexity index is 926. The first kappa shape index (κ1) is 15.7. The number of hydrogen-bond acceptors (Lipinski definition) is 5. The monoisotopic (exact) mass is 334 g/mol. The summed E-state index contributed by atoms with van der Waals surface area (Å²) in [6.45, 7) is -0.0450. The van der Waals surface area contributed by atoms with Gasteiger partial charge in [0.05, 0.1) is 23.1 Å². The third-order valence-electron chi connectivity index (χ3n) is 3.32. The van der Waals surface area contributed by atoms with E-state index < -0.39 is 5.91 Å². The van der Waals surface area contributed by atoms with Crippen LogP contribution < -0.4 is 0 Å². The Morgan fingerprint density at radius 1 is 1.21 bits per heavy atom. The SMILES string of the molecule is C#CCN1C(=O)SC(=Cc2ccc(-c3ccc(C#N)cc3)o2)C1=O. The number of imide groups is 1. The van der Waals surface area contributed by atoms with E-state index in [0.29, 0.717) is 17.1 Å². The minimum atomic E-state index is -0.417. The number of hydrogen-bond donors (Lipinski definition) is 0. The number of terminal acetylenes is 1. The average molecular weight is 334 g/mol. The fourth-order valence-corrected chi connectivity index (χ4v) is 2.97. The summed E-state index contributed by atoms with van der Waals surface area (Å²) in [6, 6.07) is 12.5. The van der Waals surface area contributed by atoms with E-state index in [-0.39, 0.29) is 16.7 Å². The molecule has 0 aliphatic carbocycles. The standard InChI is InChI=1S/C18H10N2O3S/c1-2-9-20-17(21)16(24-18(20)22)10-14-7-8-15(23-14)13-5-3-12(11-19)4-6-13/h1,3-8,10H,9H2. The van der Waals surface area contributed by atoms with Crippen molar-refractivity contribution in [3.8, 4) is 29.7 Å². The molecule has 1 aliphatic rings. The second kappa shape index (κ2) is 6.49. The molecule has 3 rings (SSSR count). The summed E-state index contributed by atoms with van der Waals surface area (Å²) in [5, 5.41) is 8.42. The van der Waals surface area contributed by atoms with Crippen molar-refractivity contribution in [2.24, 2.45) is 0 Å². The van der Waals surface area contributed by atoms with E-state index in [1.807, 2.05) is 0 Å². The molecule has 1 saturated heterocycles. The summed E-state index contributed by atoms with van der Waals surface area (Å²) >= 11 is 0.834. The lowest BCUT2D eigenvalue weighted by Gasteiger charge is -2.06. The van der Waals surface area contributed by atoms with E-state index in [1.165, 1.54) is 6.08 Å². The molecule has 5 nitrogen and oxygen atoms in total. The number of thioether (sulfide) groups is 1. The minimum absolute atomic E-state index is 0.0450. The summed E-state index contributed by atoms with van der Waals surface area (Å²) in [7, 11) is 0. The van der Waals surface area contributed by atoms with E-state index in [1.54, 1.807) is 36.4 Å². The fourth-order valence-electron chi connectivity index (χ4n) is 2.15. The molecule has 0 atom stereocenters. The maximum absolute atomic E-state index is 12.1. The lowest BCUT2D eigenvalue weighted by molar-refractivity contribution is -0.122. The van der Waals surface area contributed by atoms with Crippen molar-refractivity contribution in [2.45, 2.75) is 0 Å². The highest BCUT2D eigenvalue weighted by atomic mass is 32.2. The number of carbonyl (C=O) groups is 2. The van der Waals surface area contributed by atoms with Crippen molar-refractivity contribution in [1.29, 1.82) is 5.26 Å². The molecule has 2 aromatic rings. The first-order chi connectivity index (χ1) is 11.6. The number of furan rings is 1. The molecule has 0 N–H and O–H groups in total. The molecule has 24 heavy (non-hydrogen) atoms. The molecule has 116 valence electrons. The van der Waals surface area contributed by atoms with Gasteiger partial charge in [-0.3, -0.25) is 14.5 Å². The molecule has 0 radical (unpaired) electrons. The van der Waals surface area contributed by atoms with Crippen molar-refractivity contribution >= 4 is 29.0 Å². The van der Waals surface area contributed by atoms with Crippen LogP contribution in [0, 0.1) is 23.7 Å². The van der Waals surface area contributed by atoms with Crippen LogP contribution in [0.15, 0.2) is 45.7 Å². The number of carbonyl (C=O) groups excluding carboxylic acids is 2. The Kier molecular flexibility index (Phi) is 4.24. The number of nitrogens with zero attached hydrogens (tertiary/aromatic N) is 2. The van der Waals surface area contributed by atoms with Crippen LogP contribution in [0.3, 0.4) is 0 Å². The van der Waals surface area contributed by atoms with Gasteiger partial charge in [-0.25, -0.2) is 0 Å². The highest BCUT2D eigenvalue weighted by molar-refractivity contribution is 8.18. The van der Waals surface area contributed by atoms with Gasteiger partial charge in [-0.1, -0.05) is 5.92 Å². The first-order valence-electron chi connectivity index (χ1n) is 6.91. The molecule has 1 aliphatic heterocycles. The molecule has 1 aromatic carbocycles. The fraction of sp³-hybridized carbons (Fsp3) is 0.0556. The Hall–Kier alpha value is -3.22. The van der Waals surface area contributed by atoms with Gasteiger partial charge in [0.25, 0.3) is 11.1 Å². The molecule has 1 aromatic heterocycles. The summed E-state index contributed by atoms with van der Waals surface area (Å²) in [5.74, 6) is 2.93. The Morgan fingerprint density at radius 2 is 1.96 bits per heavy atom. The Balaban J connectivity index is 1.84. The van der Waals surface area contributed by atoms with E-state index in [0.717, 1.165) is 22.2 Å². The van der Waals surface area contributed by atoms with Crippen molar-refractivity contribution in [1.82, 2.24) is 4.90 Å². The van der Waals surface area contributed by atoms with E-state index in [4.69, 9.17) is 16.1 Å². The number of amides is 2. The molecule has 1 fully saturated rings. The number of nitriles is 1. The zero-order valence-electron chi connectivity index (χ0n) is 12.4. The van der Waals surface area contributed by atoms with Crippen molar-refractivity contribution in [3.63, 3.8) is 0 Å². The smallest absolute Gasteiger partial charge is 0.294 e. The largest absolute Gasteiger partial charge is 0.457 e. The molecule has 6 heteroatoms. The van der Waals surface area contributed by atoms with Gasteiger partial charge in [-0.2, -0.15) is 5.26 Å². The van der Waals surface area contributed by atoms with Gasteiger partial charge in [-0.15, -0.1) is 6.42 Å². The van der Waals surface area contributed by atoms with Crippen LogP contribution in [0.1, 0.15) is 11.3 Å². The maximum Gasteiger partial charge on any atom is 0.294 e. The molecule has 2 heterocycles. The Labute approximate surface area is 142 Å². The van der Waals surface area contributed by atoms with Crippen LogP contribution >= 0.6 is 11.8 Å². The quantitative estimate of drug-likeness (QED) is 0.634. The predicted octanol–water partition coefficient (Wildman–Crippen LogP) is 3.49. The zero-order valence-corrected chi connectivity index (χ0v) is 13.2. The van der Waals surface area contributed by atoms with Gasteiger partial charge in [0, 0.05) is 11.6 Å². The Morgan fingerprint density at radius 3 is 2.62 bits per heavy atom. The maximum atomic E-state index is 12.1. The van der Waals surface area contributed by atoms with E-state index >= 15 is 0 Å². The molecule has 2 amide bonds. The van der Waals surface area contributed by atoms with Crippen LogP contribution in [0.5, 0.6) is 0 Å². The summed E-state index contributed by atoms with van der Waals surface area (Å²) in [6.07, 6.45) is 6.68. The molecular weight excluding hydrogens is 324 g/mol. The second-order valence-electron chi connectivity index (χ2n) is 4.86. The van der Waals surface area contributed by atoms with E-state index in [9.17, 15) is 9.59 Å². The van der Waals surface area contributed by atoms with Crippen molar-refractivity contribution in [2.75, 3.05) is 6.54 Å². The predicted molar refractivity (Wildman–Crippen MR) is 90.4 cm³/mol. The molecule has 0 unspecified atom stereocenters. The van der Waals surface area contributed by atoms with Crippen LogP contribution in [-0.4, -0.2) is 22.6 Å². The molecular formula is C18H10N2O3S. The highest BCUT2D eigenvalue weighted by Gasteiger charge is 2.34. The highest BCUT2D eigenvalue weighted by Crippen LogP contribution is 2.33. The van der Waals surface area contributed by atoms with Gasteiger partial charge in [0.1, 0.15) is 11.5 Å². The molecule has 0 bridgehead atoms. The normalized spacial score (nSPS) is 15.6. The van der Waals surface area contributed by atoms with Gasteiger partial charge >= 0.3 is 0 Å². The summed E-state index contributed by atoms with van der Waals surface area (Å²) in [4.78, 5) is 25.1. The van der Waals surface area contributed by atoms with Gasteiger partial charge in [0.2, 0.25) is 0 Å². The van der Waals surface area contributed by atoms with Crippen LogP contribution in [-0.2, 0) is 4.79 Å². The topological polar surface area (TPSA) is 74.3 Å². The second-order valence-corrected chi connectivity index (χ2v) is 5.86. The van der Waals surface area contributed by atoms with Gasteiger partial charge in [-0.05, 0) is 48.2 Å². The third kappa shape index (κ3) is 2.96. The van der Waals surface area contributed by atoms with Crippen molar-refractivity contribution < 1.29 is 14.0 Å². The third-order valence-corrected chi connectivity index (χ3v) is 4.23. The van der Waals surface area contributed by atoms with Crippen molar-refractivity contribution in [3.05, 3.63) is 52.6 Å². The summed E-state index contributed by atoms with van der Waals surface area (Å²) in [5.41, 5.74) is 1.38. The summed E-state index contributed by atoms with van der Waals surface area (Å²) < 4.78 is 5.69. The lowest BCUT2D eigenvalue weighted by Crippen LogP contribution is -2.28. The number of rotatable bonds is 3. The van der Waals surface area contributed by atoms with Crippen LogP contribution in [0.4, 0.5) is 4.79 Å². The first-order valence-corrected chi connectivity index (χ1v) is 7.73. The lowest BCUT2D eigenvalue weighted by atomic mass is 10.1. The minimum Gasteiger partial charge on any atom is -0.457 e. The zero-order chi connectivity index (χ0) is 17.1. The van der Waals surface area contributed by atoms with Crippen LogP contribution in [0.2, 0.25) is 0 Å². The van der Waals surface area contributed by atoms with E-state index in [2.05, 4.69) is 12.0 Å². The molecule has 0 saturated carbocycles. The number of benzene rings is 1. The van der Waals surface area contributed by atoms with Gasteiger partial charge in [0.15, 0.2) is 0 Å².